The third-order valence-corrected chi connectivity index (χ3v) is 4.35. The molecule has 3 N–H and O–H groups in total. The van der Waals surface area contributed by atoms with Gasteiger partial charge in [0.15, 0.2) is 11.6 Å². The van der Waals surface area contributed by atoms with Crippen molar-refractivity contribution < 1.29 is 23.2 Å². The molecule has 3 amide bonds. The molecule has 6 nitrogen and oxygen atoms in total. The molecule has 2 aromatic carbocycles. The Kier molecular flexibility index (Phi) is 8.03. The summed E-state index contributed by atoms with van der Waals surface area (Å²) < 4.78 is 26.2. The standard InChI is InChI=1S/C22H25F2N3O3/c1-13(2)10-19(27-21(29)16-7-5-4-6-14(16)3)22(30)25-12-20(28)26-15-8-9-17(23)18(24)11-15/h4-9,11,13,19H,10,12H2,1-3H3,(H,25,30)(H,26,28)(H,27,29)/t19-/m0/s1. The number of rotatable bonds is 8. The van der Waals surface area contributed by atoms with Crippen molar-refractivity contribution in [3.63, 3.8) is 0 Å². The Hall–Kier alpha value is -3.29. The van der Waals surface area contributed by atoms with Gasteiger partial charge in [-0.25, -0.2) is 8.78 Å². The summed E-state index contributed by atoms with van der Waals surface area (Å²) >= 11 is 0. The van der Waals surface area contributed by atoms with Crippen molar-refractivity contribution in [2.45, 2.75) is 33.2 Å². The average Bonchev–Trinajstić information content (AvgIpc) is 2.68. The monoisotopic (exact) mass is 417 g/mol. The third-order valence-electron chi connectivity index (χ3n) is 4.35. The van der Waals surface area contributed by atoms with Gasteiger partial charge in [-0.1, -0.05) is 32.0 Å². The molecule has 0 bridgehead atoms. The molecule has 160 valence electrons. The Morgan fingerprint density at radius 2 is 1.70 bits per heavy atom. The summed E-state index contributed by atoms with van der Waals surface area (Å²) in [6, 6.07) is 9.15. The molecular weight excluding hydrogens is 392 g/mol. The van der Waals surface area contributed by atoms with E-state index in [9.17, 15) is 23.2 Å². The Labute approximate surface area is 174 Å². The van der Waals surface area contributed by atoms with Gasteiger partial charge in [0.2, 0.25) is 11.8 Å². The molecule has 0 radical (unpaired) electrons. The van der Waals surface area contributed by atoms with E-state index in [0.29, 0.717) is 12.0 Å². The van der Waals surface area contributed by atoms with Crippen LogP contribution in [0.15, 0.2) is 42.5 Å². The number of nitrogens with one attached hydrogen (secondary N) is 3. The minimum atomic E-state index is -1.09. The van der Waals surface area contributed by atoms with Gasteiger partial charge in [-0.3, -0.25) is 14.4 Å². The fourth-order valence-corrected chi connectivity index (χ4v) is 2.84. The van der Waals surface area contributed by atoms with E-state index in [0.717, 1.165) is 17.7 Å². The lowest BCUT2D eigenvalue weighted by Gasteiger charge is -2.20. The SMILES string of the molecule is Cc1ccccc1C(=O)N[C@@H](CC(C)C)C(=O)NCC(=O)Nc1ccc(F)c(F)c1. The number of hydrogen-bond donors (Lipinski definition) is 3. The normalized spacial score (nSPS) is 11.7. The molecule has 0 aliphatic heterocycles. The number of amides is 3. The van der Waals surface area contributed by atoms with Crippen LogP contribution in [0.5, 0.6) is 0 Å². The highest BCUT2D eigenvalue weighted by atomic mass is 19.2. The van der Waals surface area contributed by atoms with Crippen LogP contribution in [-0.2, 0) is 9.59 Å². The van der Waals surface area contributed by atoms with E-state index in [-0.39, 0.29) is 24.1 Å². The smallest absolute Gasteiger partial charge is 0.252 e. The van der Waals surface area contributed by atoms with Crippen LogP contribution in [0.4, 0.5) is 14.5 Å². The second kappa shape index (κ2) is 10.5. The zero-order chi connectivity index (χ0) is 22.3. The van der Waals surface area contributed by atoms with E-state index >= 15 is 0 Å². The quantitative estimate of drug-likeness (QED) is 0.617. The van der Waals surface area contributed by atoms with Crippen molar-refractivity contribution >= 4 is 23.4 Å². The Morgan fingerprint density at radius 1 is 1.00 bits per heavy atom. The Balaban J connectivity index is 1.97. The van der Waals surface area contributed by atoms with Gasteiger partial charge in [-0.05, 0) is 43.0 Å². The van der Waals surface area contributed by atoms with Crippen molar-refractivity contribution in [3.8, 4) is 0 Å². The van der Waals surface area contributed by atoms with E-state index in [1.165, 1.54) is 6.07 Å². The number of carbonyl (C=O) groups is 3. The van der Waals surface area contributed by atoms with E-state index in [4.69, 9.17) is 0 Å². The summed E-state index contributed by atoms with van der Waals surface area (Å²) in [5, 5.41) is 7.56. The van der Waals surface area contributed by atoms with Crippen molar-refractivity contribution in [3.05, 3.63) is 65.2 Å². The fourth-order valence-electron chi connectivity index (χ4n) is 2.84. The van der Waals surface area contributed by atoms with E-state index in [1.807, 2.05) is 19.9 Å². The zero-order valence-corrected chi connectivity index (χ0v) is 17.1. The van der Waals surface area contributed by atoms with Crippen molar-refractivity contribution in [2.24, 2.45) is 5.92 Å². The summed E-state index contributed by atoms with van der Waals surface area (Å²) in [5.41, 5.74) is 1.32. The van der Waals surface area contributed by atoms with Crippen LogP contribution < -0.4 is 16.0 Å². The zero-order valence-electron chi connectivity index (χ0n) is 17.1. The van der Waals surface area contributed by atoms with Crippen LogP contribution in [0.2, 0.25) is 0 Å². The second-order valence-electron chi connectivity index (χ2n) is 7.37. The number of aryl methyl sites for hydroxylation is 1. The molecule has 1 atom stereocenters. The lowest BCUT2D eigenvalue weighted by Crippen LogP contribution is -2.49. The topological polar surface area (TPSA) is 87.3 Å². The molecule has 8 heteroatoms. The summed E-state index contributed by atoms with van der Waals surface area (Å²) in [6.45, 7) is 5.24. The molecule has 2 aromatic rings. The van der Waals surface area contributed by atoms with E-state index in [2.05, 4.69) is 16.0 Å². The molecule has 0 fully saturated rings. The van der Waals surface area contributed by atoms with Gasteiger partial charge in [0.25, 0.3) is 5.91 Å². The van der Waals surface area contributed by atoms with Crippen LogP contribution in [0.25, 0.3) is 0 Å². The van der Waals surface area contributed by atoms with Crippen molar-refractivity contribution in [2.75, 3.05) is 11.9 Å². The maximum atomic E-state index is 13.2. The number of hydrogen-bond acceptors (Lipinski definition) is 3. The van der Waals surface area contributed by atoms with Crippen LogP contribution in [0.1, 0.15) is 36.2 Å². The largest absolute Gasteiger partial charge is 0.345 e. The number of benzene rings is 2. The summed E-state index contributed by atoms with van der Waals surface area (Å²) in [6.07, 6.45) is 0.383. The molecule has 0 aliphatic carbocycles. The van der Waals surface area contributed by atoms with E-state index < -0.39 is 29.5 Å². The van der Waals surface area contributed by atoms with Crippen LogP contribution in [-0.4, -0.2) is 30.3 Å². The van der Waals surface area contributed by atoms with Crippen LogP contribution >= 0.6 is 0 Å². The summed E-state index contributed by atoms with van der Waals surface area (Å²) in [5.74, 6) is -3.49. The first-order chi connectivity index (χ1) is 14.2. The van der Waals surface area contributed by atoms with E-state index in [1.54, 1.807) is 25.1 Å². The summed E-state index contributed by atoms with van der Waals surface area (Å²) in [4.78, 5) is 37.2. The van der Waals surface area contributed by atoms with Crippen molar-refractivity contribution in [1.82, 2.24) is 10.6 Å². The minimum absolute atomic E-state index is 0.0692. The Bertz CT molecular complexity index is 932. The molecule has 0 aliphatic rings. The van der Waals surface area contributed by atoms with Gasteiger partial charge < -0.3 is 16.0 Å². The maximum absolute atomic E-state index is 13.2. The highest BCUT2D eigenvalue weighted by Gasteiger charge is 2.23. The number of carbonyl (C=O) groups excluding carboxylic acids is 3. The van der Waals surface area contributed by atoms with Gasteiger partial charge in [-0.15, -0.1) is 0 Å². The first-order valence-corrected chi connectivity index (χ1v) is 9.56. The van der Waals surface area contributed by atoms with Crippen LogP contribution in [0, 0.1) is 24.5 Å². The maximum Gasteiger partial charge on any atom is 0.252 e. The summed E-state index contributed by atoms with van der Waals surface area (Å²) in [7, 11) is 0. The average molecular weight is 417 g/mol. The molecular formula is C22H25F2N3O3. The molecule has 0 aromatic heterocycles. The molecule has 0 saturated carbocycles. The highest BCUT2D eigenvalue weighted by molar-refractivity contribution is 5.99. The highest BCUT2D eigenvalue weighted by Crippen LogP contribution is 2.13. The first kappa shape index (κ1) is 23.0. The first-order valence-electron chi connectivity index (χ1n) is 9.56. The van der Waals surface area contributed by atoms with Gasteiger partial charge in [0, 0.05) is 17.3 Å². The number of halogens is 2. The lowest BCUT2D eigenvalue weighted by molar-refractivity contribution is -0.125. The molecule has 0 spiro atoms. The predicted octanol–water partition coefficient (Wildman–Crippen LogP) is 3.17. The van der Waals surface area contributed by atoms with Crippen LogP contribution in [0.3, 0.4) is 0 Å². The third kappa shape index (κ3) is 6.65. The molecule has 0 unspecified atom stereocenters. The molecule has 30 heavy (non-hydrogen) atoms. The lowest BCUT2D eigenvalue weighted by atomic mass is 10.0. The molecule has 2 rings (SSSR count). The second-order valence-corrected chi connectivity index (χ2v) is 7.37. The van der Waals surface area contributed by atoms with Gasteiger partial charge >= 0.3 is 0 Å². The molecule has 0 heterocycles. The predicted molar refractivity (Wildman–Crippen MR) is 110 cm³/mol. The van der Waals surface area contributed by atoms with Crippen molar-refractivity contribution in [1.29, 1.82) is 0 Å². The van der Waals surface area contributed by atoms with Gasteiger partial charge in [-0.2, -0.15) is 0 Å². The van der Waals surface area contributed by atoms with Gasteiger partial charge in [0.1, 0.15) is 6.04 Å². The van der Waals surface area contributed by atoms with Gasteiger partial charge in [0.05, 0.1) is 6.54 Å². The molecule has 0 saturated heterocycles. The minimum Gasteiger partial charge on any atom is -0.345 e. The fraction of sp³-hybridized carbons (Fsp3) is 0.318. The number of anilines is 1. The Morgan fingerprint density at radius 3 is 2.33 bits per heavy atom.